The van der Waals surface area contributed by atoms with Crippen LogP contribution in [0.25, 0.3) is 0 Å². The molecule has 0 spiro atoms. The molecule has 2 N–H and O–H groups in total. The van der Waals surface area contributed by atoms with Crippen LogP contribution < -0.4 is 5.11 Å². The molecule has 7 heteroatoms. The maximum absolute atomic E-state index is 11.5. The fraction of sp³-hybridized carbons (Fsp3) is 0.880. The molecule has 0 saturated heterocycles. The molecule has 188 valence electrons. The van der Waals surface area contributed by atoms with E-state index in [1.54, 1.807) is 20.8 Å². The Morgan fingerprint density at radius 3 is 1.34 bits per heavy atom. The number of quaternary nitrogens is 1. The number of carboxylic acids is 3. The SMILES string of the molecule is CCCCCCCCCCCCC[N+](CC(C)C(=O)[O-])(CC(C)C(=O)O)CC(C)C(=O)O. The van der Waals surface area contributed by atoms with Crippen molar-refractivity contribution in [3.63, 3.8) is 0 Å². The number of aliphatic carboxylic acids is 3. The Hall–Kier alpha value is -1.63. The molecule has 0 fully saturated rings. The first-order valence-corrected chi connectivity index (χ1v) is 12.6. The zero-order valence-electron chi connectivity index (χ0n) is 20.8. The lowest BCUT2D eigenvalue weighted by Crippen LogP contribution is -2.58. The highest BCUT2D eigenvalue weighted by Crippen LogP contribution is 2.22. The van der Waals surface area contributed by atoms with Gasteiger partial charge in [0.05, 0.1) is 26.2 Å². The Morgan fingerprint density at radius 1 is 0.656 bits per heavy atom. The van der Waals surface area contributed by atoms with Crippen LogP contribution >= 0.6 is 0 Å². The Morgan fingerprint density at radius 2 is 1.00 bits per heavy atom. The summed E-state index contributed by atoms with van der Waals surface area (Å²) in [5.41, 5.74) is 0. The average Bonchev–Trinajstić information content (AvgIpc) is 2.71. The van der Waals surface area contributed by atoms with E-state index in [9.17, 15) is 29.7 Å². The summed E-state index contributed by atoms with van der Waals surface area (Å²) in [5.74, 6) is -5.22. The minimum absolute atomic E-state index is 0.188. The van der Waals surface area contributed by atoms with Crippen molar-refractivity contribution in [3.8, 4) is 0 Å². The molecule has 0 aromatic heterocycles. The topological polar surface area (TPSA) is 115 Å². The summed E-state index contributed by atoms with van der Waals surface area (Å²) in [4.78, 5) is 34.5. The van der Waals surface area contributed by atoms with Crippen LogP contribution in [0.3, 0.4) is 0 Å². The third-order valence-electron chi connectivity index (χ3n) is 6.46. The number of hydrogen-bond acceptors (Lipinski definition) is 4. The minimum Gasteiger partial charge on any atom is -0.550 e. The van der Waals surface area contributed by atoms with E-state index < -0.39 is 35.7 Å². The van der Waals surface area contributed by atoms with E-state index >= 15 is 0 Å². The number of rotatable bonds is 21. The Balaban J connectivity index is 4.88. The second kappa shape index (κ2) is 16.9. The van der Waals surface area contributed by atoms with E-state index in [2.05, 4.69) is 6.92 Å². The Bertz CT molecular complexity index is 495. The lowest BCUT2D eigenvalue weighted by molar-refractivity contribution is -0.934. The zero-order chi connectivity index (χ0) is 24.6. The van der Waals surface area contributed by atoms with Crippen molar-refractivity contribution in [3.05, 3.63) is 0 Å². The van der Waals surface area contributed by atoms with Gasteiger partial charge >= 0.3 is 11.9 Å². The van der Waals surface area contributed by atoms with E-state index in [4.69, 9.17) is 0 Å². The van der Waals surface area contributed by atoms with Gasteiger partial charge in [0.2, 0.25) is 0 Å². The van der Waals surface area contributed by atoms with Crippen LogP contribution in [0.5, 0.6) is 0 Å². The van der Waals surface area contributed by atoms with Crippen LogP contribution in [-0.2, 0) is 14.4 Å². The molecule has 0 aliphatic heterocycles. The van der Waals surface area contributed by atoms with E-state index in [1.165, 1.54) is 51.4 Å². The fourth-order valence-electron chi connectivity index (χ4n) is 4.58. The van der Waals surface area contributed by atoms with Crippen molar-refractivity contribution in [1.29, 1.82) is 0 Å². The molecular weight excluding hydrogens is 410 g/mol. The second-order valence-corrected chi connectivity index (χ2v) is 9.85. The van der Waals surface area contributed by atoms with Crippen molar-refractivity contribution < 1.29 is 34.2 Å². The molecule has 0 aliphatic rings. The maximum atomic E-state index is 11.5. The summed E-state index contributed by atoms with van der Waals surface area (Å²) >= 11 is 0. The van der Waals surface area contributed by atoms with E-state index in [0.29, 0.717) is 6.54 Å². The predicted molar refractivity (Wildman–Crippen MR) is 124 cm³/mol. The molecule has 0 saturated carbocycles. The van der Waals surface area contributed by atoms with Crippen molar-refractivity contribution in [2.24, 2.45) is 17.8 Å². The van der Waals surface area contributed by atoms with Gasteiger partial charge in [0, 0.05) is 11.9 Å². The van der Waals surface area contributed by atoms with Crippen LogP contribution in [0.15, 0.2) is 0 Å². The molecule has 0 heterocycles. The van der Waals surface area contributed by atoms with Crippen molar-refractivity contribution >= 4 is 17.9 Å². The van der Waals surface area contributed by atoms with Gasteiger partial charge in [-0.25, -0.2) is 0 Å². The molecule has 3 unspecified atom stereocenters. The van der Waals surface area contributed by atoms with Gasteiger partial charge in [-0.05, 0) is 26.7 Å². The summed E-state index contributed by atoms with van der Waals surface area (Å²) in [7, 11) is 0. The monoisotopic (exact) mass is 457 g/mol. The number of carbonyl (C=O) groups excluding carboxylic acids is 1. The third-order valence-corrected chi connectivity index (χ3v) is 6.46. The molecule has 32 heavy (non-hydrogen) atoms. The highest BCUT2D eigenvalue weighted by molar-refractivity contribution is 5.70. The molecular formula is C25H47NO6. The Labute approximate surface area is 194 Å². The summed E-state index contributed by atoms with van der Waals surface area (Å²) in [5, 5.41) is 30.3. The van der Waals surface area contributed by atoms with Gasteiger partial charge in [-0.15, -0.1) is 0 Å². The van der Waals surface area contributed by atoms with Crippen molar-refractivity contribution in [1.82, 2.24) is 0 Å². The van der Waals surface area contributed by atoms with Crippen LogP contribution in [0, 0.1) is 17.8 Å². The standard InChI is InChI=1S/C25H47NO6/c1-5-6-7-8-9-10-11-12-13-14-15-16-26(17-20(2)23(27)28,18-21(3)24(29)30)19-22(4)25(31)32/h20-22H,5-19H2,1-4H3,(H2-,27,28,29,30,31,32). The molecule has 0 aromatic carbocycles. The molecule has 0 rings (SSSR count). The van der Waals surface area contributed by atoms with Crippen LogP contribution in [0.2, 0.25) is 0 Å². The number of carboxylic acid groups (broad SMARTS) is 3. The lowest BCUT2D eigenvalue weighted by Gasteiger charge is -2.43. The first kappa shape index (κ1) is 30.4. The van der Waals surface area contributed by atoms with Gasteiger partial charge in [-0.2, -0.15) is 0 Å². The summed E-state index contributed by atoms with van der Waals surface area (Å²) in [6.07, 6.45) is 13.1. The van der Waals surface area contributed by atoms with Gasteiger partial charge in [0.25, 0.3) is 0 Å². The average molecular weight is 458 g/mol. The summed E-state index contributed by atoms with van der Waals surface area (Å²) in [6, 6.07) is 0. The first-order valence-electron chi connectivity index (χ1n) is 12.6. The van der Waals surface area contributed by atoms with E-state index in [1.807, 2.05) is 0 Å². The molecule has 0 aliphatic carbocycles. The highest BCUT2D eigenvalue weighted by atomic mass is 16.4. The van der Waals surface area contributed by atoms with E-state index in [-0.39, 0.29) is 24.1 Å². The van der Waals surface area contributed by atoms with Crippen molar-refractivity contribution in [2.75, 3.05) is 26.2 Å². The molecule has 0 radical (unpaired) electrons. The second-order valence-electron chi connectivity index (χ2n) is 9.85. The molecule has 0 amide bonds. The van der Waals surface area contributed by atoms with Crippen LogP contribution in [-0.4, -0.2) is 58.8 Å². The van der Waals surface area contributed by atoms with Gasteiger partial charge in [-0.3, -0.25) is 9.59 Å². The summed E-state index contributed by atoms with van der Waals surface area (Å²) < 4.78 is 0.188. The zero-order valence-corrected chi connectivity index (χ0v) is 20.8. The van der Waals surface area contributed by atoms with Crippen LogP contribution in [0.1, 0.15) is 98.3 Å². The third kappa shape index (κ3) is 13.7. The maximum Gasteiger partial charge on any atom is 0.311 e. The molecule has 0 aromatic rings. The summed E-state index contributed by atoms with van der Waals surface area (Å²) in [6.45, 7) is 8.21. The Kier molecular flexibility index (Phi) is 16.1. The quantitative estimate of drug-likeness (QED) is 0.199. The van der Waals surface area contributed by atoms with Gasteiger partial charge in [-0.1, -0.05) is 71.6 Å². The highest BCUT2D eigenvalue weighted by Gasteiger charge is 2.36. The fourth-order valence-corrected chi connectivity index (χ4v) is 4.58. The number of unbranched alkanes of at least 4 members (excludes halogenated alkanes) is 10. The van der Waals surface area contributed by atoms with Crippen molar-refractivity contribution in [2.45, 2.75) is 98.3 Å². The number of carbonyl (C=O) groups is 3. The molecule has 7 nitrogen and oxygen atoms in total. The first-order chi connectivity index (χ1) is 15.0. The van der Waals surface area contributed by atoms with Crippen LogP contribution in [0.4, 0.5) is 0 Å². The van der Waals surface area contributed by atoms with Gasteiger partial charge in [0.15, 0.2) is 0 Å². The number of nitrogens with zero attached hydrogens (tertiary/aromatic N) is 1. The van der Waals surface area contributed by atoms with Gasteiger partial charge in [0.1, 0.15) is 11.8 Å². The van der Waals surface area contributed by atoms with Gasteiger partial charge < -0.3 is 24.6 Å². The lowest BCUT2D eigenvalue weighted by atomic mass is 10.00. The molecule has 0 bridgehead atoms. The number of hydrogen-bond donors (Lipinski definition) is 2. The normalized spacial score (nSPS) is 16.1. The van der Waals surface area contributed by atoms with E-state index in [0.717, 1.165) is 19.3 Å². The smallest absolute Gasteiger partial charge is 0.311 e. The predicted octanol–water partition coefficient (Wildman–Crippen LogP) is 3.94. The minimum atomic E-state index is -1.18. The largest absolute Gasteiger partial charge is 0.550 e. The molecule has 3 atom stereocenters.